The standard InChI is InChI=1S/C23H35N3O6S/c1-17(2)22(23(28)24-14-18-8-6-12-31-18)26(16-19-9-7-13-32-19)21(27)15-25-33(29,30)20-10-4-3-5-11-20/h3-5,10-11,17-19,22,25H,6-9,12-16H2,1-2H3,(H,24,28)/t18-,19-,22-/m0/s1. The van der Waals surface area contributed by atoms with Crippen molar-refractivity contribution < 1.29 is 27.5 Å². The second-order valence-corrected chi connectivity index (χ2v) is 10.7. The van der Waals surface area contributed by atoms with Gasteiger partial charge in [0.1, 0.15) is 6.04 Å². The quantitative estimate of drug-likeness (QED) is 0.492. The summed E-state index contributed by atoms with van der Waals surface area (Å²) in [5.74, 6) is -0.903. The highest BCUT2D eigenvalue weighted by Gasteiger charge is 2.35. The lowest BCUT2D eigenvalue weighted by Crippen LogP contribution is -2.56. The summed E-state index contributed by atoms with van der Waals surface area (Å²) in [5.41, 5.74) is 0. The third kappa shape index (κ3) is 7.23. The van der Waals surface area contributed by atoms with Gasteiger partial charge < -0.3 is 19.7 Å². The maximum Gasteiger partial charge on any atom is 0.243 e. The van der Waals surface area contributed by atoms with Crippen molar-refractivity contribution in [2.45, 2.75) is 62.7 Å². The fourth-order valence-corrected chi connectivity index (χ4v) is 5.24. The van der Waals surface area contributed by atoms with E-state index in [2.05, 4.69) is 10.0 Å². The molecule has 2 aliphatic heterocycles. The average Bonchev–Trinajstić information content (AvgIpc) is 3.50. The van der Waals surface area contributed by atoms with Gasteiger partial charge in [0.2, 0.25) is 21.8 Å². The minimum Gasteiger partial charge on any atom is -0.376 e. The number of carbonyl (C=O) groups excluding carboxylic acids is 2. The van der Waals surface area contributed by atoms with E-state index in [0.29, 0.717) is 19.8 Å². The predicted octanol–water partition coefficient (Wildman–Crippen LogP) is 1.29. The zero-order valence-electron chi connectivity index (χ0n) is 19.4. The van der Waals surface area contributed by atoms with Gasteiger partial charge in [-0.3, -0.25) is 9.59 Å². The summed E-state index contributed by atoms with van der Waals surface area (Å²) < 4.78 is 38.9. The van der Waals surface area contributed by atoms with Gasteiger partial charge in [0, 0.05) is 26.3 Å². The molecule has 2 fully saturated rings. The van der Waals surface area contributed by atoms with Crippen LogP contribution in [-0.4, -0.2) is 76.2 Å². The van der Waals surface area contributed by atoms with Crippen LogP contribution in [0.2, 0.25) is 0 Å². The molecule has 9 nitrogen and oxygen atoms in total. The molecule has 2 amide bonds. The molecule has 0 saturated carbocycles. The molecule has 0 aliphatic carbocycles. The number of hydrogen-bond acceptors (Lipinski definition) is 6. The zero-order valence-corrected chi connectivity index (χ0v) is 20.2. The third-order valence-corrected chi connectivity index (χ3v) is 7.39. The van der Waals surface area contributed by atoms with E-state index in [1.807, 2.05) is 13.8 Å². The molecule has 0 radical (unpaired) electrons. The number of nitrogens with one attached hydrogen (secondary N) is 2. The highest BCUT2D eigenvalue weighted by molar-refractivity contribution is 7.89. The molecule has 2 aliphatic rings. The molecular formula is C23H35N3O6S. The van der Waals surface area contributed by atoms with E-state index in [1.165, 1.54) is 17.0 Å². The maximum atomic E-state index is 13.3. The molecule has 0 unspecified atom stereocenters. The van der Waals surface area contributed by atoms with Crippen LogP contribution < -0.4 is 10.0 Å². The molecule has 3 atom stereocenters. The minimum absolute atomic E-state index is 0.0123. The minimum atomic E-state index is -3.85. The molecule has 0 bridgehead atoms. The fraction of sp³-hybridized carbons (Fsp3) is 0.652. The molecule has 2 saturated heterocycles. The van der Waals surface area contributed by atoms with Gasteiger partial charge in [-0.1, -0.05) is 32.0 Å². The SMILES string of the molecule is CC(C)[C@@H](C(=O)NC[C@@H]1CCCO1)N(C[C@@H]1CCCO1)C(=O)CNS(=O)(=O)c1ccccc1. The smallest absolute Gasteiger partial charge is 0.243 e. The normalized spacial score (nSPS) is 21.8. The number of carbonyl (C=O) groups is 2. The fourth-order valence-electron chi connectivity index (χ4n) is 4.25. The van der Waals surface area contributed by atoms with Crippen LogP contribution in [0.4, 0.5) is 0 Å². The Hall–Kier alpha value is -2.01. The lowest BCUT2D eigenvalue weighted by atomic mass is 10.00. The van der Waals surface area contributed by atoms with Gasteiger partial charge in [-0.15, -0.1) is 0 Å². The number of amides is 2. The van der Waals surface area contributed by atoms with Crippen molar-refractivity contribution in [3.8, 4) is 0 Å². The first-order valence-corrected chi connectivity index (χ1v) is 13.1. The molecule has 2 N–H and O–H groups in total. The number of rotatable bonds is 11. The molecule has 184 valence electrons. The Morgan fingerprint density at radius 3 is 2.27 bits per heavy atom. The van der Waals surface area contributed by atoms with E-state index in [1.54, 1.807) is 18.2 Å². The van der Waals surface area contributed by atoms with Gasteiger partial charge in [-0.25, -0.2) is 13.1 Å². The second kappa shape index (κ2) is 11.9. The number of hydrogen-bond donors (Lipinski definition) is 2. The first kappa shape index (κ1) is 25.6. The second-order valence-electron chi connectivity index (χ2n) is 8.89. The van der Waals surface area contributed by atoms with E-state index >= 15 is 0 Å². The van der Waals surface area contributed by atoms with Crippen molar-refractivity contribution >= 4 is 21.8 Å². The van der Waals surface area contributed by atoms with Gasteiger partial charge in [-0.05, 0) is 43.7 Å². The van der Waals surface area contributed by atoms with Crippen LogP contribution in [0.25, 0.3) is 0 Å². The lowest BCUT2D eigenvalue weighted by Gasteiger charge is -2.35. The monoisotopic (exact) mass is 481 g/mol. The number of nitrogens with zero attached hydrogens (tertiary/aromatic N) is 1. The highest BCUT2D eigenvalue weighted by Crippen LogP contribution is 2.19. The van der Waals surface area contributed by atoms with E-state index in [9.17, 15) is 18.0 Å². The number of sulfonamides is 1. The predicted molar refractivity (Wildman–Crippen MR) is 123 cm³/mol. The molecule has 1 aromatic rings. The van der Waals surface area contributed by atoms with Crippen LogP contribution in [0, 0.1) is 5.92 Å². The van der Waals surface area contributed by atoms with Gasteiger partial charge in [0.25, 0.3) is 0 Å². The Morgan fingerprint density at radius 1 is 1.06 bits per heavy atom. The largest absolute Gasteiger partial charge is 0.376 e. The van der Waals surface area contributed by atoms with Gasteiger partial charge >= 0.3 is 0 Å². The summed E-state index contributed by atoms with van der Waals surface area (Å²) in [6.45, 7) is 5.25. The molecule has 0 spiro atoms. The summed E-state index contributed by atoms with van der Waals surface area (Å²) in [6.07, 6.45) is 3.37. The van der Waals surface area contributed by atoms with E-state index in [4.69, 9.17) is 9.47 Å². The number of ether oxygens (including phenoxy) is 2. The van der Waals surface area contributed by atoms with Crippen molar-refractivity contribution in [2.75, 3.05) is 32.8 Å². The van der Waals surface area contributed by atoms with Crippen molar-refractivity contribution in [3.63, 3.8) is 0 Å². The van der Waals surface area contributed by atoms with Crippen molar-refractivity contribution in [1.82, 2.24) is 14.9 Å². The van der Waals surface area contributed by atoms with Crippen LogP contribution >= 0.6 is 0 Å². The summed E-state index contributed by atoms with van der Waals surface area (Å²) in [6, 6.07) is 7.14. The van der Waals surface area contributed by atoms with Crippen LogP contribution in [0.3, 0.4) is 0 Å². The molecule has 1 aromatic carbocycles. The summed E-state index contributed by atoms with van der Waals surface area (Å²) in [7, 11) is -3.85. The Kier molecular flexibility index (Phi) is 9.25. The zero-order chi connectivity index (χ0) is 23.8. The van der Waals surface area contributed by atoms with Crippen LogP contribution in [0.1, 0.15) is 39.5 Å². The first-order valence-electron chi connectivity index (χ1n) is 11.6. The van der Waals surface area contributed by atoms with Gasteiger partial charge in [0.15, 0.2) is 0 Å². The molecule has 10 heteroatoms. The topological polar surface area (TPSA) is 114 Å². The van der Waals surface area contributed by atoms with Crippen molar-refractivity contribution in [3.05, 3.63) is 30.3 Å². The van der Waals surface area contributed by atoms with E-state index in [-0.39, 0.29) is 35.5 Å². The van der Waals surface area contributed by atoms with Gasteiger partial charge in [-0.2, -0.15) is 0 Å². The molecule has 3 rings (SSSR count). The van der Waals surface area contributed by atoms with Crippen LogP contribution in [0.15, 0.2) is 35.2 Å². The molecular weight excluding hydrogens is 446 g/mol. The lowest BCUT2D eigenvalue weighted by molar-refractivity contribution is -0.143. The summed E-state index contributed by atoms with van der Waals surface area (Å²) in [4.78, 5) is 28.0. The van der Waals surface area contributed by atoms with Crippen LogP contribution in [-0.2, 0) is 29.1 Å². The molecule has 33 heavy (non-hydrogen) atoms. The first-order chi connectivity index (χ1) is 15.8. The Balaban J connectivity index is 1.71. The Bertz CT molecular complexity index is 881. The summed E-state index contributed by atoms with van der Waals surface area (Å²) >= 11 is 0. The van der Waals surface area contributed by atoms with Crippen molar-refractivity contribution in [1.29, 1.82) is 0 Å². The Morgan fingerprint density at radius 2 is 1.70 bits per heavy atom. The summed E-state index contributed by atoms with van der Waals surface area (Å²) in [5, 5.41) is 2.93. The van der Waals surface area contributed by atoms with E-state index in [0.717, 1.165) is 25.7 Å². The highest BCUT2D eigenvalue weighted by atomic mass is 32.2. The van der Waals surface area contributed by atoms with E-state index < -0.39 is 28.5 Å². The Labute approximate surface area is 196 Å². The average molecular weight is 482 g/mol. The number of benzene rings is 1. The molecule has 0 aromatic heterocycles. The third-order valence-electron chi connectivity index (χ3n) is 5.98. The van der Waals surface area contributed by atoms with Gasteiger partial charge in [0.05, 0.1) is 23.6 Å². The van der Waals surface area contributed by atoms with Crippen molar-refractivity contribution in [2.24, 2.45) is 5.92 Å². The maximum absolute atomic E-state index is 13.3. The molecule has 2 heterocycles. The van der Waals surface area contributed by atoms with Crippen LogP contribution in [0.5, 0.6) is 0 Å².